The van der Waals surface area contributed by atoms with Crippen molar-refractivity contribution in [1.29, 1.82) is 0 Å². The molecule has 2 N–H and O–H groups in total. The summed E-state index contributed by atoms with van der Waals surface area (Å²) >= 11 is 0. The molecule has 3 rings (SSSR count). The number of aromatic nitrogens is 2. The summed E-state index contributed by atoms with van der Waals surface area (Å²) in [5, 5.41) is 13.5. The lowest BCUT2D eigenvalue weighted by Crippen LogP contribution is -2.29. The molecule has 136 valence electrons. The first-order chi connectivity index (χ1) is 12.9. The summed E-state index contributed by atoms with van der Waals surface area (Å²) < 4.78 is 0. The first kappa shape index (κ1) is 18.0. The molecule has 0 aliphatic carbocycles. The van der Waals surface area contributed by atoms with Gasteiger partial charge in [-0.3, -0.25) is 19.7 Å². The van der Waals surface area contributed by atoms with Crippen molar-refractivity contribution in [2.45, 2.75) is 13.0 Å². The van der Waals surface area contributed by atoms with E-state index in [1.54, 1.807) is 43.3 Å². The molecule has 0 saturated carbocycles. The number of carbonyl (C=O) groups is 1. The number of hydrogen-bond donors (Lipinski definition) is 2. The molecule has 8 heteroatoms. The van der Waals surface area contributed by atoms with E-state index in [1.807, 2.05) is 6.07 Å². The molecular weight excluding hydrogens is 348 g/mol. The summed E-state index contributed by atoms with van der Waals surface area (Å²) in [4.78, 5) is 41.5. The first-order valence-corrected chi connectivity index (χ1v) is 8.16. The first-order valence-electron chi connectivity index (χ1n) is 8.16. The van der Waals surface area contributed by atoms with E-state index in [-0.39, 0.29) is 11.4 Å². The van der Waals surface area contributed by atoms with Crippen molar-refractivity contribution in [3.05, 3.63) is 92.4 Å². The monoisotopic (exact) mass is 364 g/mol. The van der Waals surface area contributed by atoms with Crippen LogP contribution in [0.25, 0.3) is 11.4 Å². The van der Waals surface area contributed by atoms with Gasteiger partial charge in [0, 0.05) is 23.8 Å². The Balaban J connectivity index is 1.80. The van der Waals surface area contributed by atoms with E-state index in [0.717, 1.165) is 6.07 Å². The SMILES string of the molecule is CC(NC(=O)c1cc(=O)[nH]c(-c2ccccc2)n1)c1ccc([N+](=O)[O-])cc1. The molecule has 1 aromatic heterocycles. The third-order valence-corrected chi connectivity index (χ3v) is 3.97. The maximum Gasteiger partial charge on any atom is 0.270 e. The standard InChI is InChI=1S/C19H16N4O4/c1-12(13-7-9-15(10-8-13)23(26)27)20-19(25)16-11-17(24)22-18(21-16)14-5-3-2-4-6-14/h2-12H,1H3,(H,20,25)(H,21,22,24). The minimum absolute atomic E-state index is 0.00800. The molecule has 1 heterocycles. The number of nitro groups is 1. The van der Waals surface area contributed by atoms with Crippen molar-refractivity contribution in [3.63, 3.8) is 0 Å². The molecule has 0 aliphatic heterocycles. The van der Waals surface area contributed by atoms with Gasteiger partial charge in [0.2, 0.25) is 0 Å². The number of benzene rings is 2. The van der Waals surface area contributed by atoms with Crippen molar-refractivity contribution >= 4 is 11.6 Å². The van der Waals surface area contributed by atoms with Gasteiger partial charge in [-0.1, -0.05) is 42.5 Å². The number of hydrogen-bond acceptors (Lipinski definition) is 5. The molecule has 1 unspecified atom stereocenters. The second kappa shape index (κ2) is 7.61. The van der Waals surface area contributed by atoms with E-state index < -0.39 is 22.4 Å². The van der Waals surface area contributed by atoms with Crippen LogP contribution in [0.1, 0.15) is 29.0 Å². The molecule has 3 aromatic rings. The Morgan fingerprint density at radius 2 is 1.81 bits per heavy atom. The molecule has 0 bridgehead atoms. The van der Waals surface area contributed by atoms with Gasteiger partial charge in [0.25, 0.3) is 17.2 Å². The maximum atomic E-state index is 12.5. The minimum Gasteiger partial charge on any atom is -0.344 e. The van der Waals surface area contributed by atoms with Crippen LogP contribution in [-0.2, 0) is 0 Å². The van der Waals surface area contributed by atoms with E-state index in [2.05, 4.69) is 15.3 Å². The lowest BCUT2D eigenvalue weighted by Gasteiger charge is -2.14. The fourth-order valence-corrected chi connectivity index (χ4v) is 2.55. The van der Waals surface area contributed by atoms with Crippen LogP contribution in [0.15, 0.2) is 65.5 Å². The summed E-state index contributed by atoms with van der Waals surface area (Å²) in [5.74, 6) is -0.208. The summed E-state index contributed by atoms with van der Waals surface area (Å²) in [6.45, 7) is 1.74. The van der Waals surface area contributed by atoms with Gasteiger partial charge in [-0.05, 0) is 12.5 Å². The largest absolute Gasteiger partial charge is 0.344 e. The number of amides is 1. The lowest BCUT2D eigenvalue weighted by atomic mass is 10.1. The van der Waals surface area contributed by atoms with Crippen LogP contribution >= 0.6 is 0 Å². The predicted octanol–water partition coefficient (Wildman–Crippen LogP) is 2.84. The van der Waals surface area contributed by atoms with Crippen LogP contribution < -0.4 is 10.9 Å². The third kappa shape index (κ3) is 4.24. The van der Waals surface area contributed by atoms with Gasteiger partial charge in [-0.15, -0.1) is 0 Å². The smallest absolute Gasteiger partial charge is 0.270 e. The number of carbonyl (C=O) groups excluding carboxylic acids is 1. The fourth-order valence-electron chi connectivity index (χ4n) is 2.55. The zero-order chi connectivity index (χ0) is 19.4. The number of nitrogens with one attached hydrogen (secondary N) is 2. The Kier molecular flexibility index (Phi) is 5.07. The van der Waals surface area contributed by atoms with Gasteiger partial charge in [0.1, 0.15) is 11.5 Å². The van der Waals surface area contributed by atoms with Gasteiger partial charge in [-0.2, -0.15) is 0 Å². The van der Waals surface area contributed by atoms with E-state index in [9.17, 15) is 19.7 Å². The van der Waals surface area contributed by atoms with Crippen LogP contribution in [-0.4, -0.2) is 20.8 Å². The highest BCUT2D eigenvalue weighted by Gasteiger charge is 2.16. The molecule has 2 aromatic carbocycles. The third-order valence-electron chi connectivity index (χ3n) is 3.97. The number of nitrogens with zero attached hydrogens (tertiary/aromatic N) is 2. The summed E-state index contributed by atoms with van der Waals surface area (Å²) in [6, 6.07) is 15.6. The quantitative estimate of drug-likeness (QED) is 0.533. The Bertz CT molecular complexity index is 1030. The Labute approximate surface area is 154 Å². The van der Waals surface area contributed by atoms with Crippen molar-refractivity contribution in [1.82, 2.24) is 15.3 Å². The minimum atomic E-state index is -0.510. The van der Waals surface area contributed by atoms with Crippen LogP contribution in [0.4, 0.5) is 5.69 Å². The summed E-state index contributed by atoms with van der Waals surface area (Å²) in [7, 11) is 0. The topological polar surface area (TPSA) is 118 Å². The molecule has 8 nitrogen and oxygen atoms in total. The number of H-pyrrole nitrogens is 1. The number of rotatable bonds is 5. The molecule has 0 saturated heterocycles. The van der Waals surface area contributed by atoms with E-state index >= 15 is 0 Å². The van der Waals surface area contributed by atoms with Crippen molar-refractivity contribution in [2.24, 2.45) is 0 Å². The van der Waals surface area contributed by atoms with Gasteiger partial charge < -0.3 is 10.3 Å². The Hall–Kier alpha value is -3.81. The van der Waals surface area contributed by atoms with Crippen molar-refractivity contribution in [3.8, 4) is 11.4 Å². The highest BCUT2D eigenvalue weighted by Crippen LogP contribution is 2.18. The fraction of sp³-hybridized carbons (Fsp3) is 0.105. The summed E-state index contributed by atoms with van der Waals surface area (Å²) in [6.07, 6.45) is 0. The number of aromatic amines is 1. The van der Waals surface area contributed by atoms with Crippen LogP contribution in [0.5, 0.6) is 0 Å². The zero-order valence-corrected chi connectivity index (χ0v) is 14.4. The summed E-state index contributed by atoms with van der Waals surface area (Å²) in [5.41, 5.74) is 0.916. The zero-order valence-electron chi connectivity index (χ0n) is 14.4. The van der Waals surface area contributed by atoms with E-state index in [1.165, 1.54) is 12.1 Å². The predicted molar refractivity (Wildman–Crippen MR) is 99.3 cm³/mol. The average molecular weight is 364 g/mol. The Morgan fingerprint density at radius 1 is 1.15 bits per heavy atom. The maximum absolute atomic E-state index is 12.5. The van der Waals surface area contributed by atoms with E-state index in [0.29, 0.717) is 17.0 Å². The molecule has 0 spiro atoms. The normalized spacial score (nSPS) is 11.6. The number of nitro benzene ring substituents is 1. The van der Waals surface area contributed by atoms with Gasteiger partial charge >= 0.3 is 0 Å². The van der Waals surface area contributed by atoms with Crippen LogP contribution in [0.3, 0.4) is 0 Å². The second-order valence-electron chi connectivity index (χ2n) is 5.89. The molecule has 0 radical (unpaired) electrons. The molecule has 0 aliphatic rings. The molecule has 1 atom stereocenters. The molecule has 1 amide bonds. The van der Waals surface area contributed by atoms with Gasteiger partial charge in [0.15, 0.2) is 0 Å². The lowest BCUT2D eigenvalue weighted by molar-refractivity contribution is -0.384. The van der Waals surface area contributed by atoms with Gasteiger partial charge in [-0.25, -0.2) is 4.98 Å². The Morgan fingerprint density at radius 3 is 2.44 bits per heavy atom. The van der Waals surface area contributed by atoms with Crippen molar-refractivity contribution < 1.29 is 9.72 Å². The van der Waals surface area contributed by atoms with E-state index in [4.69, 9.17) is 0 Å². The average Bonchev–Trinajstić information content (AvgIpc) is 2.68. The molecule has 0 fully saturated rings. The molecule has 27 heavy (non-hydrogen) atoms. The van der Waals surface area contributed by atoms with Crippen molar-refractivity contribution in [2.75, 3.05) is 0 Å². The van der Waals surface area contributed by atoms with Gasteiger partial charge in [0.05, 0.1) is 11.0 Å². The second-order valence-corrected chi connectivity index (χ2v) is 5.89. The van der Waals surface area contributed by atoms with Crippen LogP contribution in [0, 0.1) is 10.1 Å². The molecular formula is C19H16N4O4. The highest BCUT2D eigenvalue weighted by atomic mass is 16.6. The number of non-ortho nitro benzene ring substituents is 1. The highest BCUT2D eigenvalue weighted by molar-refractivity contribution is 5.92. The van der Waals surface area contributed by atoms with Crippen LogP contribution in [0.2, 0.25) is 0 Å².